The molecule has 1 aliphatic rings. The maximum Gasteiger partial charge on any atom is 0.323 e. The number of nitrogens with zero attached hydrogens (tertiary/aromatic N) is 1. The molecule has 1 aromatic carbocycles. The summed E-state index contributed by atoms with van der Waals surface area (Å²) in [4.78, 5) is 25.3. The normalized spacial score (nSPS) is 16.5. The van der Waals surface area contributed by atoms with Crippen LogP contribution in [-0.2, 0) is 14.3 Å². The topological polar surface area (TPSA) is 76.1 Å². The molecule has 1 heterocycles. The number of benzene rings is 1. The Morgan fingerprint density at radius 3 is 2.67 bits per heavy atom. The van der Waals surface area contributed by atoms with Crippen LogP contribution in [0, 0.1) is 6.92 Å². The van der Waals surface area contributed by atoms with Crippen LogP contribution in [0.2, 0.25) is 5.02 Å². The molecule has 0 spiro atoms. The van der Waals surface area contributed by atoms with Crippen LogP contribution in [0.15, 0.2) is 18.2 Å². The Bertz CT molecular complexity index is 601. The minimum absolute atomic E-state index is 0.139. The lowest BCUT2D eigenvalue weighted by atomic mass is 10.1. The van der Waals surface area contributed by atoms with Gasteiger partial charge >= 0.3 is 5.97 Å². The number of hydrogen-bond acceptors (Lipinski definition) is 4. The summed E-state index contributed by atoms with van der Waals surface area (Å²) in [6, 6.07) is 5.01. The van der Waals surface area contributed by atoms with Gasteiger partial charge < -0.3 is 19.5 Å². The molecule has 1 fully saturated rings. The van der Waals surface area contributed by atoms with Gasteiger partial charge in [0.25, 0.3) is 5.91 Å². The molecule has 1 aromatic rings. The Morgan fingerprint density at radius 1 is 1.42 bits per heavy atom. The van der Waals surface area contributed by atoms with Crippen molar-refractivity contribution in [3.8, 4) is 5.75 Å². The van der Waals surface area contributed by atoms with E-state index in [2.05, 4.69) is 0 Å². The molecule has 6 nitrogen and oxygen atoms in total. The number of aliphatic carboxylic acids is 1. The molecule has 24 heavy (non-hydrogen) atoms. The van der Waals surface area contributed by atoms with Crippen LogP contribution in [-0.4, -0.2) is 53.8 Å². The number of carbonyl (C=O) groups is 2. The zero-order chi connectivity index (χ0) is 17.7. The lowest BCUT2D eigenvalue weighted by Crippen LogP contribution is -2.50. The van der Waals surface area contributed by atoms with E-state index in [9.17, 15) is 9.59 Å². The highest BCUT2D eigenvalue weighted by molar-refractivity contribution is 6.30. The minimum Gasteiger partial charge on any atom is -0.481 e. The summed E-state index contributed by atoms with van der Waals surface area (Å²) in [5.74, 6) is -0.814. The smallest absolute Gasteiger partial charge is 0.323 e. The average Bonchev–Trinajstić information content (AvgIpc) is 2.55. The van der Waals surface area contributed by atoms with Gasteiger partial charge in [-0.2, -0.15) is 0 Å². The van der Waals surface area contributed by atoms with Gasteiger partial charge in [-0.1, -0.05) is 11.6 Å². The van der Waals surface area contributed by atoms with Crippen molar-refractivity contribution in [2.75, 3.05) is 19.8 Å². The van der Waals surface area contributed by atoms with Gasteiger partial charge in [-0.25, -0.2) is 0 Å². The Kier molecular flexibility index (Phi) is 6.45. The van der Waals surface area contributed by atoms with Gasteiger partial charge in [0.1, 0.15) is 12.3 Å². The standard InChI is InChI=1S/C17H22ClNO5/c1-11-9-13(18)3-4-15(11)24-12(2)17(22)19(10-16(20)21)14-5-7-23-8-6-14/h3-4,9,12,14H,5-8,10H2,1-2H3,(H,20,21)/t12-/m1/s1. The van der Waals surface area contributed by atoms with Gasteiger partial charge in [0, 0.05) is 24.3 Å². The second-order valence-corrected chi connectivity index (χ2v) is 6.31. The van der Waals surface area contributed by atoms with E-state index in [-0.39, 0.29) is 18.5 Å². The third-order valence-corrected chi connectivity index (χ3v) is 4.24. The molecular weight excluding hydrogens is 334 g/mol. The molecule has 1 aliphatic heterocycles. The van der Waals surface area contributed by atoms with E-state index in [1.807, 2.05) is 6.92 Å². The minimum atomic E-state index is -1.04. The van der Waals surface area contributed by atoms with Gasteiger partial charge in [0.2, 0.25) is 0 Å². The molecule has 1 N–H and O–H groups in total. The number of aryl methyl sites for hydroxylation is 1. The highest BCUT2D eigenvalue weighted by Gasteiger charge is 2.31. The lowest BCUT2D eigenvalue weighted by Gasteiger charge is -2.34. The third kappa shape index (κ3) is 4.85. The first-order chi connectivity index (χ1) is 11.4. The largest absolute Gasteiger partial charge is 0.481 e. The first-order valence-corrected chi connectivity index (χ1v) is 8.29. The van der Waals surface area contributed by atoms with Gasteiger partial charge in [0.05, 0.1) is 0 Å². The van der Waals surface area contributed by atoms with Crippen LogP contribution in [0.4, 0.5) is 0 Å². The van der Waals surface area contributed by atoms with Crippen molar-refractivity contribution in [2.24, 2.45) is 0 Å². The summed E-state index contributed by atoms with van der Waals surface area (Å²) in [7, 11) is 0. The fourth-order valence-corrected chi connectivity index (χ4v) is 2.98. The number of amides is 1. The molecule has 1 amide bonds. The van der Waals surface area contributed by atoms with Crippen molar-refractivity contribution in [2.45, 2.75) is 38.8 Å². The van der Waals surface area contributed by atoms with E-state index in [0.717, 1.165) is 5.56 Å². The van der Waals surface area contributed by atoms with Crippen molar-refractivity contribution in [3.63, 3.8) is 0 Å². The molecular formula is C17H22ClNO5. The Labute approximate surface area is 146 Å². The molecule has 1 saturated heterocycles. The Hall–Kier alpha value is -1.79. The van der Waals surface area contributed by atoms with Crippen LogP contribution in [0.25, 0.3) is 0 Å². The van der Waals surface area contributed by atoms with Crippen LogP contribution in [0.1, 0.15) is 25.3 Å². The maximum absolute atomic E-state index is 12.7. The number of hydrogen-bond donors (Lipinski definition) is 1. The van der Waals surface area contributed by atoms with Gasteiger partial charge in [-0.05, 0) is 50.5 Å². The number of carboxylic acid groups (broad SMARTS) is 1. The summed E-state index contributed by atoms with van der Waals surface area (Å²) in [6.45, 7) is 4.19. The third-order valence-electron chi connectivity index (χ3n) is 4.01. The average molecular weight is 356 g/mol. The van der Waals surface area contributed by atoms with Gasteiger partial charge in [0.15, 0.2) is 6.10 Å². The molecule has 7 heteroatoms. The molecule has 0 aromatic heterocycles. The summed E-state index contributed by atoms with van der Waals surface area (Å²) in [5.41, 5.74) is 0.818. The fourth-order valence-electron chi connectivity index (χ4n) is 2.75. The second kappa shape index (κ2) is 8.35. The number of carbonyl (C=O) groups excluding carboxylic acids is 1. The summed E-state index contributed by atoms with van der Waals surface area (Å²) >= 11 is 5.92. The van der Waals surface area contributed by atoms with E-state index in [1.54, 1.807) is 25.1 Å². The van der Waals surface area contributed by atoms with Gasteiger partial charge in [-0.3, -0.25) is 9.59 Å². The van der Waals surface area contributed by atoms with Gasteiger partial charge in [-0.15, -0.1) is 0 Å². The van der Waals surface area contributed by atoms with Crippen molar-refractivity contribution >= 4 is 23.5 Å². The molecule has 2 rings (SSSR count). The fraction of sp³-hybridized carbons (Fsp3) is 0.529. The number of halogens is 1. The lowest BCUT2D eigenvalue weighted by molar-refractivity contribution is -0.151. The summed E-state index contributed by atoms with van der Waals surface area (Å²) in [6.07, 6.45) is 0.476. The van der Waals surface area contributed by atoms with Crippen LogP contribution < -0.4 is 4.74 Å². The van der Waals surface area contributed by atoms with Crippen molar-refractivity contribution in [3.05, 3.63) is 28.8 Å². The molecule has 0 unspecified atom stereocenters. The zero-order valence-corrected chi connectivity index (χ0v) is 14.6. The second-order valence-electron chi connectivity index (χ2n) is 5.87. The highest BCUT2D eigenvalue weighted by Crippen LogP contribution is 2.24. The SMILES string of the molecule is Cc1cc(Cl)ccc1O[C@H](C)C(=O)N(CC(=O)O)C1CCOCC1. The van der Waals surface area contributed by atoms with E-state index in [0.29, 0.717) is 36.8 Å². The molecule has 132 valence electrons. The van der Waals surface area contributed by atoms with E-state index >= 15 is 0 Å². The molecule has 0 aliphatic carbocycles. The van der Waals surface area contributed by atoms with Crippen LogP contribution in [0.3, 0.4) is 0 Å². The molecule has 1 atom stereocenters. The first-order valence-electron chi connectivity index (χ1n) is 7.91. The van der Waals surface area contributed by atoms with E-state index in [4.69, 9.17) is 26.2 Å². The predicted molar refractivity (Wildman–Crippen MR) is 89.5 cm³/mol. The maximum atomic E-state index is 12.7. The van der Waals surface area contributed by atoms with Crippen molar-refractivity contribution in [1.29, 1.82) is 0 Å². The van der Waals surface area contributed by atoms with Crippen molar-refractivity contribution in [1.82, 2.24) is 4.90 Å². The highest BCUT2D eigenvalue weighted by atomic mass is 35.5. The summed E-state index contributed by atoms with van der Waals surface area (Å²) < 4.78 is 11.0. The number of ether oxygens (including phenoxy) is 2. The summed E-state index contributed by atoms with van der Waals surface area (Å²) in [5, 5.41) is 9.72. The molecule has 0 saturated carbocycles. The van der Waals surface area contributed by atoms with Crippen molar-refractivity contribution < 1.29 is 24.2 Å². The quantitative estimate of drug-likeness (QED) is 0.848. The molecule has 0 radical (unpaired) electrons. The Balaban J connectivity index is 2.10. The monoisotopic (exact) mass is 355 g/mol. The van der Waals surface area contributed by atoms with E-state index < -0.39 is 12.1 Å². The predicted octanol–water partition coefficient (Wildman–Crippen LogP) is 2.51. The molecule has 0 bridgehead atoms. The zero-order valence-electron chi connectivity index (χ0n) is 13.8. The van der Waals surface area contributed by atoms with Crippen LogP contribution >= 0.6 is 11.6 Å². The first kappa shape index (κ1) is 18.5. The number of rotatable bonds is 6. The Morgan fingerprint density at radius 2 is 2.08 bits per heavy atom. The van der Waals surface area contributed by atoms with Crippen LogP contribution in [0.5, 0.6) is 5.75 Å². The number of carboxylic acids is 1. The van der Waals surface area contributed by atoms with E-state index in [1.165, 1.54) is 4.90 Å².